The zero-order valence-electron chi connectivity index (χ0n) is 15.2. The van der Waals surface area contributed by atoms with E-state index in [-0.39, 0.29) is 23.4 Å². The summed E-state index contributed by atoms with van der Waals surface area (Å²) >= 11 is 6.41. The van der Waals surface area contributed by atoms with Crippen LogP contribution < -0.4 is 4.74 Å². The number of methoxy groups -OCH3 is 1. The van der Waals surface area contributed by atoms with Gasteiger partial charge in [-0.05, 0) is 31.2 Å². The lowest BCUT2D eigenvalue weighted by atomic mass is 9.95. The van der Waals surface area contributed by atoms with E-state index in [1.807, 2.05) is 6.07 Å². The maximum atomic E-state index is 13.1. The summed E-state index contributed by atoms with van der Waals surface area (Å²) in [5.74, 6) is 4.24. The number of amides is 2. The molecule has 138 valence electrons. The smallest absolute Gasteiger partial charge is 0.258 e. The van der Waals surface area contributed by atoms with E-state index < -0.39 is 5.92 Å². The van der Waals surface area contributed by atoms with Gasteiger partial charge < -0.3 is 4.74 Å². The van der Waals surface area contributed by atoms with Gasteiger partial charge >= 0.3 is 0 Å². The SMILES string of the molecule is CC#Cc1cc(Cl)c(C2C(=O)N(C)N(Cc3ccccn3)C2=O)c(OC)c1. The molecule has 1 aliphatic heterocycles. The number of pyridine rings is 1. The molecule has 2 aromatic rings. The van der Waals surface area contributed by atoms with Crippen molar-refractivity contribution in [2.75, 3.05) is 14.2 Å². The summed E-state index contributed by atoms with van der Waals surface area (Å²) in [4.78, 5) is 30.1. The largest absolute Gasteiger partial charge is 0.496 e. The van der Waals surface area contributed by atoms with Crippen LogP contribution in [-0.2, 0) is 16.1 Å². The van der Waals surface area contributed by atoms with Crippen LogP contribution >= 0.6 is 11.6 Å². The molecule has 3 rings (SSSR count). The van der Waals surface area contributed by atoms with Gasteiger partial charge in [0.05, 0.1) is 24.4 Å². The second-order valence-corrected chi connectivity index (χ2v) is 6.37. The highest BCUT2D eigenvalue weighted by molar-refractivity contribution is 6.32. The van der Waals surface area contributed by atoms with E-state index in [0.29, 0.717) is 22.6 Å². The molecule has 1 aromatic heterocycles. The van der Waals surface area contributed by atoms with Gasteiger partial charge in [-0.3, -0.25) is 19.6 Å². The molecule has 0 spiro atoms. The van der Waals surface area contributed by atoms with E-state index in [1.165, 1.54) is 17.1 Å². The number of rotatable bonds is 4. The van der Waals surface area contributed by atoms with E-state index in [2.05, 4.69) is 16.8 Å². The number of hydrogen-bond donors (Lipinski definition) is 0. The first kappa shape index (κ1) is 18.7. The first-order valence-electron chi connectivity index (χ1n) is 8.27. The fourth-order valence-corrected chi connectivity index (χ4v) is 3.36. The maximum Gasteiger partial charge on any atom is 0.258 e. The van der Waals surface area contributed by atoms with Gasteiger partial charge in [0.25, 0.3) is 11.8 Å². The van der Waals surface area contributed by atoms with Gasteiger partial charge in [-0.2, -0.15) is 0 Å². The van der Waals surface area contributed by atoms with Gasteiger partial charge in [0.1, 0.15) is 5.75 Å². The fraction of sp³-hybridized carbons (Fsp3) is 0.250. The Morgan fingerprint density at radius 3 is 2.67 bits per heavy atom. The Morgan fingerprint density at radius 2 is 2.04 bits per heavy atom. The lowest BCUT2D eigenvalue weighted by Crippen LogP contribution is -2.37. The number of likely N-dealkylation sites (N-methyl/N-ethyl adjacent to an activating group) is 1. The Morgan fingerprint density at radius 1 is 1.26 bits per heavy atom. The quantitative estimate of drug-likeness (QED) is 0.601. The van der Waals surface area contributed by atoms with Gasteiger partial charge in [0.2, 0.25) is 0 Å². The van der Waals surface area contributed by atoms with Crippen molar-refractivity contribution in [3.05, 3.63) is 58.4 Å². The highest BCUT2D eigenvalue weighted by Gasteiger charge is 2.47. The monoisotopic (exact) mass is 383 g/mol. The van der Waals surface area contributed by atoms with Crippen molar-refractivity contribution in [3.8, 4) is 17.6 Å². The van der Waals surface area contributed by atoms with Crippen LogP contribution in [0.1, 0.15) is 29.7 Å². The van der Waals surface area contributed by atoms with E-state index >= 15 is 0 Å². The molecule has 2 heterocycles. The molecule has 1 fully saturated rings. The molecular weight excluding hydrogens is 366 g/mol. The Bertz CT molecular complexity index is 950. The van der Waals surface area contributed by atoms with Crippen molar-refractivity contribution in [2.45, 2.75) is 19.4 Å². The number of nitrogens with zero attached hydrogens (tertiary/aromatic N) is 3. The molecule has 0 N–H and O–H groups in total. The second kappa shape index (κ2) is 7.68. The molecule has 0 aliphatic carbocycles. The molecule has 2 amide bonds. The standard InChI is InChI=1S/C20H18ClN3O3/c1-4-7-13-10-15(21)17(16(11-13)27-3)18-19(25)23(2)24(20(18)26)12-14-8-5-6-9-22-14/h5-6,8-11,18H,12H2,1-3H3. The van der Waals surface area contributed by atoms with Crippen molar-refractivity contribution in [3.63, 3.8) is 0 Å². The van der Waals surface area contributed by atoms with Crippen molar-refractivity contribution in [1.29, 1.82) is 0 Å². The molecule has 1 aromatic carbocycles. The number of halogens is 1. The molecule has 1 aliphatic rings. The average Bonchev–Trinajstić information content (AvgIpc) is 2.86. The predicted molar refractivity (Wildman–Crippen MR) is 101 cm³/mol. The zero-order valence-corrected chi connectivity index (χ0v) is 15.9. The van der Waals surface area contributed by atoms with Gasteiger partial charge in [0.15, 0.2) is 5.92 Å². The van der Waals surface area contributed by atoms with Gasteiger partial charge in [0, 0.05) is 24.4 Å². The molecular formula is C20H18ClN3O3. The summed E-state index contributed by atoms with van der Waals surface area (Å²) in [6.07, 6.45) is 1.64. The van der Waals surface area contributed by atoms with Crippen LogP contribution in [0.3, 0.4) is 0 Å². The molecule has 0 saturated carbocycles. The fourth-order valence-electron chi connectivity index (χ4n) is 3.04. The highest BCUT2D eigenvalue weighted by atomic mass is 35.5. The maximum absolute atomic E-state index is 13.1. The lowest BCUT2D eigenvalue weighted by molar-refractivity contribution is -0.145. The minimum Gasteiger partial charge on any atom is -0.496 e. The van der Waals surface area contributed by atoms with E-state index in [4.69, 9.17) is 16.3 Å². The van der Waals surface area contributed by atoms with Crippen LogP contribution in [0, 0.1) is 11.8 Å². The summed E-state index contributed by atoms with van der Waals surface area (Å²) < 4.78 is 5.40. The molecule has 1 atom stereocenters. The number of benzene rings is 1. The average molecular weight is 384 g/mol. The minimum absolute atomic E-state index is 0.192. The Hall–Kier alpha value is -3.04. The van der Waals surface area contributed by atoms with Crippen LogP contribution in [0.2, 0.25) is 5.02 Å². The molecule has 0 radical (unpaired) electrons. The number of ether oxygens (including phenoxy) is 1. The second-order valence-electron chi connectivity index (χ2n) is 5.96. The summed E-state index contributed by atoms with van der Waals surface area (Å²) in [7, 11) is 3.03. The first-order chi connectivity index (χ1) is 13.0. The molecule has 27 heavy (non-hydrogen) atoms. The Labute approximate surface area is 162 Å². The summed E-state index contributed by atoms with van der Waals surface area (Å²) in [6, 6.07) is 8.73. The van der Waals surface area contributed by atoms with Crippen LogP contribution in [0.15, 0.2) is 36.5 Å². The van der Waals surface area contributed by atoms with E-state index in [9.17, 15) is 9.59 Å². The normalized spacial score (nSPS) is 16.4. The lowest BCUT2D eigenvalue weighted by Gasteiger charge is -2.23. The van der Waals surface area contributed by atoms with Crippen molar-refractivity contribution >= 4 is 23.4 Å². The van der Waals surface area contributed by atoms with Crippen molar-refractivity contribution in [1.82, 2.24) is 15.0 Å². The van der Waals surface area contributed by atoms with E-state index in [1.54, 1.807) is 44.4 Å². The number of hydrazine groups is 1. The summed E-state index contributed by atoms with van der Waals surface area (Å²) in [6.45, 7) is 1.90. The number of carbonyl (C=O) groups is 2. The zero-order chi connectivity index (χ0) is 19.6. The molecule has 7 heteroatoms. The van der Waals surface area contributed by atoms with Crippen LogP contribution in [-0.4, -0.2) is 41.0 Å². The van der Waals surface area contributed by atoms with Crippen LogP contribution in [0.4, 0.5) is 0 Å². The predicted octanol–water partition coefficient (Wildman–Crippen LogP) is 2.61. The molecule has 1 saturated heterocycles. The number of hydrogen-bond acceptors (Lipinski definition) is 4. The molecule has 6 nitrogen and oxygen atoms in total. The number of aromatic nitrogens is 1. The molecule has 0 bridgehead atoms. The minimum atomic E-state index is -1.07. The third-order valence-electron chi connectivity index (χ3n) is 4.34. The van der Waals surface area contributed by atoms with Crippen LogP contribution in [0.5, 0.6) is 5.75 Å². The Balaban J connectivity index is 2.00. The van der Waals surface area contributed by atoms with Gasteiger partial charge in [-0.15, -0.1) is 5.92 Å². The topological polar surface area (TPSA) is 62.7 Å². The molecule has 1 unspecified atom stereocenters. The summed E-state index contributed by atoms with van der Waals surface area (Å²) in [5.41, 5.74) is 1.68. The first-order valence-corrected chi connectivity index (χ1v) is 8.64. The van der Waals surface area contributed by atoms with Crippen LogP contribution in [0.25, 0.3) is 0 Å². The highest BCUT2D eigenvalue weighted by Crippen LogP contribution is 2.39. The van der Waals surface area contributed by atoms with E-state index in [0.717, 1.165) is 0 Å². The van der Waals surface area contributed by atoms with Gasteiger partial charge in [-0.1, -0.05) is 23.6 Å². The van der Waals surface area contributed by atoms with Crippen molar-refractivity contribution in [2.24, 2.45) is 0 Å². The van der Waals surface area contributed by atoms with Crippen molar-refractivity contribution < 1.29 is 14.3 Å². The number of carbonyl (C=O) groups excluding carboxylic acids is 2. The Kier molecular flexibility index (Phi) is 5.33. The van der Waals surface area contributed by atoms with Gasteiger partial charge in [-0.25, -0.2) is 5.01 Å². The summed E-state index contributed by atoms with van der Waals surface area (Å²) in [5, 5.41) is 2.94. The third-order valence-corrected chi connectivity index (χ3v) is 4.65. The third kappa shape index (κ3) is 3.46.